The van der Waals surface area contributed by atoms with Gasteiger partial charge in [-0.25, -0.2) is 0 Å². The van der Waals surface area contributed by atoms with Crippen molar-refractivity contribution in [2.24, 2.45) is 5.73 Å². The lowest BCUT2D eigenvalue weighted by Gasteiger charge is -2.36. The summed E-state index contributed by atoms with van der Waals surface area (Å²) >= 11 is 0. The zero-order valence-corrected chi connectivity index (χ0v) is 14.5. The van der Waals surface area contributed by atoms with E-state index in [0.717, 1.165) is 19.4 Å². The molecule has 124 valence electrons. The smallest absolute Gasteiger partial charge is 0.237 e. The molecule has 0 spiro atoms. The van der Waals surface area contributed by atoms with Crippen LogP contribution in [0.5, 0.6) is 0 Å². The standard InChI is InChI=1S/C16H34N4O/c1-13(2)18-16(3,15(17)21)9-6-10-20(5)14-7-11-19(4)12-8-14/h13-14,18H,6-12H2,1-5H3,(H2,17,21). The number of likely N-dealkylation sites (tertiary alicyclic amines) is 1. The van der Waals surface area contributed by atoms with E-state index in [1.807, 2.05) is 20.8 Å². The number of nitrogens with zero attached hydrogens (tertiary/aromatic N) is 2. The molecule has 1 amide bonds. The third kappa shape index (κ3) is 5.93. The van der Waals surface area contributed by atoms with Crippen LogP contribution in [-0.2, 0) is 4.79 Å². The molecule has 1 atom stereocenters. The van der Waals surface area contributed by atoms with Crippen molar-refractivity contribution in [3.05, 3.63) is 0 Å². The summed E-state index contributed by atoms with van der Waals surface area (Å²) < 4.78 is 0. The average molecular weight is 298 g/mol. The van der Waals surface area contributed by atoms with Crippen molar-refractivity contribution >= 4 is 5.91 Å². The highest BCUT2D eigenvalue weighted by atomic mass is 16.1. The van der Waals surface area contributed by atoms with Crippen LogP contribution in [-0.4, -0.2) is 67.1 Å². The molecule has 0 aliphatic carbocycles. The summed E-state index contributed by atoms with van der Waals surface area (Å²) in [6.07, 6.45) is 4.26. The van der Waals surface area contributed by atoms with Gasteiger partial charge in [0.05, 0.1) is 5.54 Å². The molecule has 0 bridgehead atoms. The molecule has 0 aromatic heterocycles. The second-order valence-electron chi connectivity index (χ2n) is 7.11. The van der Waals surface area contributed by atoms with Crippen LogP contribution in [0.25, 0.3) is 0 Å². The molecule has 1 rings (SSSR count). The topological polar surface area (TPSA) is 61.6 Å². The van der Waals surface area contributed by atoms with Crippen molar-refractivity contribution < 1.29 is 4.79 Å². The van der Waals surface area contributed by atoms with Crippen molar-refractivity contribution in [3.8, 4) is 0 Å². The van der Waals surface area contributed by atoms with Crippen LogP contribution >= 0.6 is 0 Å². The van der Waals surface area contributed by atoms with E-state index in [0.29, 0.717) is 6.04 Å². The molecule has 5 nitrogen and oxygen atoms in total. The van der Waals surface area contributed by atoms with Gasteiger partial charge in [0.15, 0.2) is 0 Å². The number of hydrogen-bond donors (Lipinski definition) is 2. The zero-order valence-electron chi connectivity index (χ0n) is 14.5. The van der Waals surface area contributed by atoms with E-state index in [1.165, 1.54) is 25.9 Å². The highest BCUT2D eigenvalue weighted by Crippen LogP contribution is 2.17. The lowest BCUT2D eigenvalue weighted by atomic mass is 9.93. The monoisotopic (exact) mass is 298 g/mol. The largest absolute Gasteiger partial charge is 0.368 e. The van der Waals surface area contributed by atoms with Gasteiger partial charge in [0.25, 0.3) is 0 Å². The first-order valence-corrected chi connectivity index (χ1v) is 8.21. The summed E-state index contributed by atoms with van der Waals surface area (Å²) in [5, 5.41) is 3.32. The quantitative estimate of drug-likeness (QED) is 0.703. The molecular weight excluding hydrogens is 264 g/mol. The fraction of sp³-hybridized carbons (Fsp3) is 0.938. The minimum atomic E-state index is -0.595. The minimum absolute atomic E-state index is 0.252. The summed E-state index contributed by atoms with van der Waals surface area (Å²) in [6, 6.07) is 0.938. The lowest BCUT2D eigenvalue weighted by Crippen LogP contribution is -2.55. The zero-order chi connectivity index (χ0) is 16.0. The Morgan fingerprint density at radius 3 is 2.48 bits per heavy atom. The number of nitrogens with two attached hydrogens (primary N) is 1. The van der Waals surface area contributed by atoms with Gasteiger partial charge in [0.1, 0.15) is 0 Å². The Balaban J connectivity index is 2.38. The highest BCUT2D eigenvalue weighted by Gasteiger charge is 2.31. The van der Waals surface area contributed by atoms with Crippen molar-refractivity contribution in [3.63, 3.8) is 0 Å². The maximum absolute atomic E-state index is 11.7. The van der Waals surface area contributed by atoms with Crippen LogP contribution in [0.3, 0.4) is 0 Å². The van der Waals surface area contributed by atoms with E-state index in [2.05, 4.69) is 29.2 Å². The molecule has 1 aliphatic rings. The molecule has 1 saturated heterocycles. The van der Waals surface area contributed by atoms with Crippen molar-refractivity contribution in [1.82, 2.24) is 15.1 Å². The van der Waals surface area contributed by atoms with Gasteiger partial charge in [-0.1, -0.05) is 0 Å². The number of carbonyl (C=O) groups excluding carboxylic acids is 1. The van der Waals surface area contributed by atoms with Crippen LogP contribution in [0, 0.1) is 0 Å². The van der Waals surface area contributed by atoms with Crippen LogP contribution in [0.2, 0.25) is 0 Å². The molecule has 0 radical (unpaired) electrons. The first kappa shape index (κ1) is 18.4. The van der Waals surface area contributed by atoms with Gasteiger partial charge >= 0.3 is 0 Å². The number of rotatable bonds is 8. The summed E-state index contributed by atoms with van der Waals surface area (Å²) in [7, 11) is 4.39. The summed E-state index contributed by atoms with van der Waals surface area (Å²) in [6.45, 7) is 9.41. The molecule has 5 heteroatoms. The Hall–Kier alpha value is -0.650. The normalized spacial score (nSPS) is 20.9. The van der Waals surface area contributed by atoms with Crippen LogP contribution in [0.15, 0.2) is 0 Å². The van der Waals surface area contributed by atoms with E-state index in [9.17, 15) is 4.79 Å². The minimum Gasteiger partial charge on any atom is -0.368 e. The third-order valence-corrected chi connectivity index (χ3v) is 4.65. The molecule has 0 aromatic rings. The molecule has 1 fully saturated rings. The van der Waals surface area contributed by atoms with Gasteiger partial charge in [-0.2, -0.15) is 0 Å². The Labute approximate surface area is 130 Å². The highest BCUT2D eigenvalue weighted by molar-refractivity contribution is 5.84. The van der Waals surface area contributed by atoms with E-state index in [4.69, 9.17) is 5.73 Å². The van der Waals surface area contributed by atoms with E-state index >= 15 is 0 Å². The molecule has 21 heavy (non-hydrogen) atoms. The second-order valence-corrected chi connectivity index (χ2v) is 7.11. The third-order valence-electron chi connectivity index (χ3n) is 4.65. The lowest BCUT2D eigenvalue weighted by molar-refractivity contribution is -0.124. The summed E-state index contributed by atoms with van der Waals surface area (Å²) in [5.41, 5.74) is 4.98. The van der Waals surface area contributed by atoms with Gasteiger partial charge in [0, 0.05) is 12.1 Å². The van der Waals surface area contributed by atoms with Crippen molar-refractivity contribution in [2.75, 3.05) is 33.7 Å². The van der Waals surface area contributed by atoms with E-state index in [1.54, 1.807) is 0 Å². The number of nitrogens with one attached hydrogen (secondary N) is 1. The van der Waals surface area contributed by atoms with Crippen molar-refractivity contribution in [1.29, 1.82) is 0 Å². The van der Waals surface area contributed by atoms with Gasteiger partial charge in [0.2, 0.25) is 5.91 Å². The maximum atomic E-state index is 11.7. The maximum Gasteiger partial charge on any atom is 0.237 e. The second kappa shape index (κ2) is 8.11. The van der Waals surface area contributed by atoms with Gasteiger partial charge < -0.3 is 20.9 Å². The van der Waals surface area contributed by atoms with Gasteiger partial charge in [-0.05, 0) is 80.2 Å². The number of hydrogen-bond acceptors (Lipinski definition) is 4. The Morgan fingerprint density at radius 2 is 2.00 bits per heavy atom. The van der Waals surface area contributed by atoms with Crippen molar-refractivity contribution in [2.45, 2.75) is 64.1 Å². The van der Waals surface area contributed by atoms with Crippen LogP contribution in [0.4, 0.5) is 0 Å². The first-order valence-electron chi connectivity index (χ1n) is 8.21. The van der Waals surface area contributed by atoms with E-state index < -0.39 is 5.54 Å². The molecule has 1 heterocycles. The number of primary amides is 1. The Morgan fingerprint density at radius 1 is 1.43 bits per heavy atom. The predicted molar refractivity (Wildman–Crippen MR) is 88.3 cm³/mol. The molecule has 0 saturated carbocycles. The first-order chi connectivity index (χ1) is 9.74. The average Bonchev–Trinajstić information content (AvgIpc) is 2.38. The van der Waals surface area contributed by atoms with Gasteiger partial charge in [-0.3, -0.25) is 4.79 Å². The number of amides is 1. The molecule has 3 N–H and O–H groups in total. The Kier molecular flexibility index (Phi) is 7.10. The molecular formula is C16H34N4O. The molecule has 0 aromatic carbocycles. The van der Waals surface area contributed by atoms with Crippen LogP contribution in [0.1, 0.15) is 46.5 Å². The van der Waals surface area contributed by atoms with E-state index in [-0.39, 0.29) is 11.9 Å². The van der Waals surface area contributed by atoms with Gasteiger partial charge in [-0.15, -0.1) is 0 Å². The summed E-state index contributed by atoms with van der Waals surface area (Å²) in [5.74, 6) is -0.252. The molecule has 1 unspecified atom stereocenters. The predicted octanol–water partition coefficient (Wildman–Crippen LogP) is 1.03. The number of piperidine rings is 1. The SMILES string of the molecule is CC(C)NC(C)(CCCN(C)C1CCN(C)CC1)C(N)=O. The fourth-order valence-corrected chi connectivity index (χ4v) is 3.20. The molecule has 1 aliphatic heterocycles. The van der Waals surface area contributed by atoms with Crippen LogP contribution < -0.4 is 11.1 Å². The fourth-order valence-electron chi connectivity index (χ4n) is 3.20. The number of carbonyl (C=O) groups is 1. The Bertz CT molecular complexity index is 326. The summed E-state index contributed by atoms with van der Waals surface area (Å²) in [4.78, 5) is 16.5.